The van der Waals surface area contributed by atoms with Crippen LogP contribution in [-0.4, -0.2) is 20.5 Å². The first-order valence-corrected chi connectivity index (χ1v) is 13.9. The molecule has 33 heavy (non-hydrogen) atoms. The summed E-state index contributed by atoms with van der Waals surface area (Å²) in [6.45, 7) is 8.62. The average Bonchev–Trinajstić information content (AvgIpc) is 3.47. The smallest absolute Gasteiger partial charge is 0.102 e. The van der Waals surface area contributed by atoms with Crippen LogP contribution in [0, 0.1) is 63.6 Å². The SMILES string of the molecule is CC(Cn1cc(C#N)cn1)[C@H]1CC[C@H]2[C@@H]3CC[C@@H]4C[C@@](O)(C5CC5)CC[C@]4(C)[C@H]3CC[C@]12C. The van der Waals surface area contributed by atoms with E-state index in [0.717, 1.165) is 49.0 Å². The van der Waals surface area contributed by atoms with Gasteiger partial charge >= 0.3 is 0 Å². The molecule has 0 spiro atoms. The van der Waals surface area contributed by atoms with E-state index in [1.165, 1.54) is 57.8 Å². The standard InChI is InChI=1S/C29H43N3O/c1-19(17-32-18-20(15-30)16-31-32)24-8-9-25-23-7-6-22-14-29(33,21-4-5-21)13-12-27(22,2)26(23)10-11-28(24,25)3/h16,18-19,21-26,33H,4-14,17H2,1-3H3/t19?,22-,23+,24-,25+,26+,27+,28-,29-/m1/s1. The maximum absolute atomic E-state index is 11.4. The van der Waals surface area contributed by atoms with E-state index in [1.54, 1.807) is 6.20 Å². The molecule has 6 rings (SSSR count). The third-order valence-corrected chi connectivity index (χ3v) is 12.1. The molecule has 4 nitrogen and oxygen atoms in total. The van der Waals surface area contributed by atoms with Gasteiger partial charge in [-0.3, -0.25) is 4.68 Å². The third-order valence-electron chi connectivity index (χ3n) is 12.1. The molecule has 9 atom stereocenters. The van der Waals surface area contributed by atoms with Gasteiger partial charge in [-0.1, -0.05) is 20.8 Å². The molecule has 180 valence electrons. The molecule has 0 bridgehead atoms. The second-order valence-corrected chi connectivity index (χ2v) is 13.5. The molecule has 0 saturated heterocycles. The summed E-state index contributed by atoms with van der Waals surface area (Å²) in [6.07, 6.45) is 17.9. The van der Waals surface area contributed by atoms with Crippen molar-refractivity contribution in [3.8, 4) is 6.07 Å². The Kier molecular flexibility index (Phi) is 5.09. The summed E-state index contributed by atoms with van der Waals surface area (Å²) in [4.78, 5) is 0. The molecule has 1 aromatic rings. The number of aromatic nitrogens is 2. The zero-order valence-electron chi connectivity index (χ0n) is 21.0. The molecule has 0 radical (unpaired) electrons. The fraction of sp³-hybridized carbons (Fsp3) is 0.862. The summed E-state index contributed by atoms with van der Waals surface area (Å²) in [7, 11) is 0. The van der Waals surface area contributed by atoms with E-state index in [-0.39, 0.29) is 5.60 Å². The summed E-state index contributed by atoms with van der Waals surface area (Å²) in [5.74, 6) is 5.35. The third kappa shape index (κ3) is 3.35. The van der Waals surface area contributed by atoms with Crippen LogP contribution in [0.15, 0.2) is 12.4 Å². The van der Waals surface area contributed by atoms with Crippen molar-refractivity contribution in [1.82, 2.24) is 9.78 Å². The maximum atomic E-state index is 11.4. The monoisotopic (exact) mass is 449 g/mol. The molecular weight excluding hydrogens is 406 g/mol. The van der Waals surface area contributed by atoms with Gasteiger partial charge in [0.15, 0.2) is 0 Å². The summed E-state index contributed by atoms with van der Waals surface area (Å²) >= 11 is 0. The lowest BCUT2D eigenvalue weighted by molar-refractivity contribution is -0.157. The zero-order chi connectivity index (χ0) is 23.0. The van der Waals surface area contributed by atoms with E-state index >= 15 is 0 Å². The molecule has 0 aliphatic heterocycles. The summed E-state index contributed by atoms with van der Waals surface area (Å²) in [5, 5.41) is 25.0. The van der Waals surface area contributed by atoms with Crippen molar-refractivity contribution in [3.05, 3.63) is 18.0 Å². The Morgan fingerprint density at radius 2 is 1.79 bits per heavy atom. The van der Waals surface area contributed by atoms with Gasteiger partial charge < -0.3 is 5.11 Å². The van der Waals surface area contributed by atoms with Crippen LogP contribution in [0.2, 0.25) is 0 Å². The fourth-order valence-electron chi connectivity index (χ4n) is 10.2. The summed E-state index contributed by atoms with van der Waals surface area (Å²) < 4.78 is 2.00. The topological polar surface area (TPSA) is 61.8 Å². The first-order valence-electron chi connectivity index (χ1n) is 13.9. The molecular formula is C29H43N3O. The molecule has 1 heterocycles. The molecule has 5 aliphatic rings. The van der Waals surface area contributed by atoms with E-state index in [9.17, 15) is 5.11 Å². The molecule has 1 unspecified atom stereocenters. The highest BCUT2D eigenvalue weighted by atomic mass is 16.3. The molecule has 5 fully saturated rings. The van der Waals surface area contributed by atoms with Gasteiger partial charge in [0.2, 0.25) is 0 Å². The maximum Gasteiger partial charge on any atom is 0.102 e. The minimum Gasteiger partial charge on any atom is -0.390 e. The van der Waals surface area contributed by atoms with Crippen molar-refractivity contribution in [2.24, 2.45) is 52.3 Å². The van der Waals surface area contributed by atoms with Gasteiger partial charge in [-0.05, 0) is 123 Å². The Hall–Kier alpha value is -1.34. The van der Waals surface area contributed by atoms with Crippen molar-refractivity contribution in [2.45, 2.75) is 104 Å². The predicted molar refractivity (Wildman–Crippen MR) is 129 cm³/mol. The number of hydrogen-bond donors (Lipinski definition) is 1. The molecule has 1 N–H and O–H groups in total. The molecule has 5 aliphatic carbocycles. The molecule has 0 aromatic carbocycles. The first kappa shape index (κ1) is 22.1. The van der Waals surface area contributed by atoms with Gasteiger partial charge in [0.25, 0.3) is 0 Å². The van der Waals surface area contributed by atoms with Gasteiger partial charge in [0.1, 0.15) is 6.07 Å². The van der Waals surface area contributed by atoms with Crippen LogP contribution in [0.3, 0.4) is 0 Å². The lowest BCUT2D eigenvalue weighted by atomic mass is 9.43. The van der Waals surface area contributed by atoms with E-state index in [1.807, 2.05) is 10.9 Å². The van der Waals surface area contributed by atoms with E-state index in [4.69, 9.17) is 5.26 Å². The Labute approximate surface area is 200 Å². The number of rotatable bonds is 4. The number of nitriles is 1. The second-order valence-electron chi connectivity index (χ2n) is 13.5. The lowest BCUT2D eigenvalue weighted by Crippen LogP contribution is -2.56. The van der Waals surface area contributed by atoms with Gasteiger partial charge in [0, 0.05) is 12.7 Å². The second kappa shape index (κ2) is 7.58. The zero-order valence-corrected chi connectivity index (χ0v) is 21.0. The van der Waals surface area contributed by atoms with Gasteiger partial charge in [0.05, 0.1) is 17.4 Å². The lowest BCUT2D eigenvalue weighted by Gasteiger charge is -2.62. The largest absolute Gasteiger partial charge is 0.390 e. The van der Waals surface area contributed by atoms with Crippen LogP contribution >= 0.6 is 0 Å². The van der Waals surface area contributed by atoms with Crippen LogP contribution in [0.1, 0.15) is 97.0 Å². The number of fused-ring (bicyclic) bond motifs is 5. The highest BCUT2D eigenvalue weighted by Crippen LogP contribution is 2.69. The van der Waals surface area contributed by atoms with Crippen molar-refractivity contribution in [2.75, 3.05) is 0 Å². The van der Waals surface area contributed by atoms with Crippen LogP contribution in [0.25, 0.3) is 0 Å². The molecule has 0 amide bonds. The highest BCUT2D eigenvalue weighted by Gasteiger charge is 2.62. The summed E-state index contributed by atoms with van der Waals surface area (Å²) in [5.41, 5.74) is 1.26. The average molecular weight is 450 g/mol. The van der Waals surface area contributed by atoms with Crippen LogP contribution in [-0.2, 0) is 6.54 Å². The van der Waals surface area contributed by atoms with E-state index in [2.05, 4.69) is 31.9 Å². The van der Waals surface area contributed by atoms with Crippen LogP contribution < -0.4 is 0 Å². The van der Waals surface area contributed by atoms with Gasteiger partial charge in [-0.2, -0.15) is 10.4 Å². The number of hydrogen-bond acceptors (Lipinski definition) is 3. The number of nitrogens with zero attached hydrogens (tertiary/aromatic N) is 3. The predicted octanol–water partition coefficient (Wildman–Crippen LogP) is 6.19. The summed E-state index contributed by atoms with van der Waals surface area (Å²) in [6, 6.07) is 2.22. The van der Waals surface area contributed by atoms with Gasteiger partial charge in [-0.25, -0.2) is 0 Å². The minimum atomic E-state index is -0.327. The van der Waals surface area contributed by atoms with Crippen molar-refractivity contribution >= 4 is 0 Å². The van der Waals surface area contributed by atoms with E-state index in [0.29, 0.717) is 28.2 Å². The number of aliphatic hydroxyl groups is 1. The molecule has 5 saturated carbocycles. The Bertz CT molecular complexity index is 945. The van der Waals surface area contributed by atoms with Crippen molar-refractivity contribution < 1.29 is 5.11 Å². The van der Waals surface area contributed by atoms with E-state index < -0.39 is 0 Å². The van der Waals surface area contributed by atoms with Crippen molar-refractivity contribution in [1.29, 1.82) is 5.26 Å². The Morgan fingerprint density at radius 1 is 1.03 bits per heavy atom. The normalized spacial score (nSPS) is 47.8. The molecule has 4 heteroatoms. The van der Waals surface area contributed by atoms with Crippen molar-refractivity contribution in [3.63, 3.8) is 0 Å². The quantitative estimate of drug-likeness (QED) is 0.596. The first-order chi connectivity index (χ1) is 15.8. The Morgan fingerprint density at radius 3 is 2.52 bits per heavy atom. The minimum absolute atomic E-state index is 0.327. The van der Waals surface area contributed by atoms with Crippen LogP contribution in [0.5, 0.6) is 0 Å². The van der Waals surface area contributed by atoms with Crippen LogP contribution in [0.4, 0.5) is 0 Å². The van der Waals surface area contributed by atoms with Gasteiger partial charge in [-0.15, -0.1) is 0 Å². The fourth-order valence-corrected chi connectivity index (χ4v) is 10.2. The highest BCUT2D eigenvalue weighted by molar-refractivity contribution is 5.21. The molecule has 1 aromatic heterocycles. The Balaban J connectivity index is 1.18.